The van der Waals surface area contributed by atoms with E-state index in [2.05, 4.69) is 21.2 Å². The predicted octanol–water partition coefficient (Wildman–Crippen LogP) is 4.10. The minimum atomic E-state index is -0.806. The molecule has 124 valence electrons. The average molecular weight is 415 g/mol. The molecule has 2 aliphatic rings. The number of hydrogen-bond acceptors (Lipinski definition) is 6. The third kappa shape index (κ3) is 2.55. The second-order valence-electron chi connectivity index (χ2n) is 5.17. The highest BCUT2D eigenvalue weighted by molar-refractivity contribution is 9.11. The minimum Gasteiger partial charge on any atom is -0.505 e. The molecule has 10 heteroatoms. The highest BCUT2D eigenvalue weighted by Crippen LogP contribution is 2.44. The van der Waals surface area contributed by atoms with Gasteiger partial charge in [-0.15, -0.1) is 0 Å². The number of aliphatic hydroxyl groups excluding tert-OH is 1. The fourth-order valence-electron chi connectivity index (χ4n) is 2.78. The number of aliphatic hydroxyl groups is 1. The SMILES string of the molecule is O=[N+]([O-])c1cc2c(c([N+](=O)[O-])c1Cl)CCC1=CC(Br)=CNC1=C2O. The second kappa shape index (κ2) is 5.91. The third-order valence-corrected chi connectivity index (χ3v) is 4.66. The van der Waals surface area contributed by atoms with Crippen molar-refractivity contribution in [2.45, 2.75) is 12.8 Å². The van der Waals surface area contributed by atoms with Gasteiger partial charge < -0.3 is 10.4 Å². The molecule has 0 fully saturated rings. The number of hydrogen-bond donors (Lipinski definition) is 2. The van der Waals surface area contributed by atoms with Crippen LogP contribution in [0.4, 0.5) is 11.4 Å². The molecule has 0 amide bonds. The quantitative estimate of drug-likeness (QED) is 0.555. The van der Waals surface area contributed by atoms with Crippen LogP contribution in [0.2, 0.25) is 5.02 Å². The van der Waals surface area contributed by atoms with Crippen LogP contribution in [0, 0.1) is 20.2 Å². The molecule has 1 aliphatic heterocycles. The van der Waals surface area contributed by atoms with Gasteiger partial charge in [0, 0.05) is 27.9 Å². The normalized spacial score (nSPS) is 16.2. The summed E-state index contributed by atoms with van der Waals surface area (Å²) in [5.74, 6) is -0.284. The number of benzene rings is 1. The zero-order chi connectivity index (χ0) is 17.6. The summed E-state index contributed by atoms with van der Waals surface area (Å²) in [6.45, 7) is 0. The molecule has 0 unspecified atom stereocenters. The predicted molar refractivity (Wildman–Crippen MR) is 90.9 cm³/mol. The Morgan fingerprint density at radius 1 is 1.25 bits per heavy atom. The molecule has 3 rings (SSSR count). The van der Waals surface area contributed by atoms with E-state index in [9.17, 15) is 25.3 Å². The van der Waals surface area contributed by atoms with Crippen molar-refractivity contribution in [1.29, 1.82) is 0 Å². The molecule has 1 aromatic rings. The number of allylic oxidation sites excluding steroid dienone is 3. The van der Waals surface area contributed by atoms with E-state index in [0.29, 0.717) is 12.1 Å². The summed E-state index contributed by atoms with van der Waals surface area (Å²) in [4.78, 5) is 21.0. The highest BCUT2D eigenvalue weighted by atomic mass is 79.9. The van der Waals surface area contributed by atoms with Crippen LogP contribution < -0.4 is 5.32 Å². The van der Waals surface area contributed by atoms with Crippen molar-refractivity contribution < 1.29 is 15.0 Å². The Kier molecular flexibility index (Phi) is 4.06. The van der Waals surface area contributed by atoms with Crippen LogP contribution in [-0.2, 0) is 6.42 Å². The molecule has 0 saturated heterocycles. The Morgan fingerprint density at radius 3 is 2.58 bits per heavy atom. The smallest absolute Gasteiger partial charge is 0.298 e. The Morgan fingerprint density at radius 2 is 1.96 bits per heavy atom. The van der Waals surface area contributed by atoms with E-state index < -0.39 is 26.2 Å². The van der Waals surface area contributed by atoms with Gasteiger partial charge in [0.1, 0.15) is 5.76 Å². The summed E-state index contributed by atoms with van der Waals surface area (Å²) in [5, 5.41) is 35.5. The van der Waals surface area contributed by atoms with Crippen molar-refractivity contribution in [1.82, 2.24) is 5.32 Å². The molecule has 1 aromatic carbocycles. The van der Waals surface area contributed by atoms with E-state index in [0.717, 1.165) is 16.1 Å². The number of halogens is 2. The lowest BCUT2D eigenvalue weighted by atomic mass is 9.99. The minimum absolute atomic E-state index is 0.0372. The zero-order valence-corrected chi connectivity index (χ0v) is 14.2. The molecule has 1 heterocycles. The van der Waals surface area contributed by atoms with Crippen LogP contribution in [0.3, 0.4) is 0 Å². The number of fused-ring (bicyclic) bond motifs is 2. The first kappa shape index (κ1) is 16.5. The first-order valence-corrected chi connectivity index (χ1v) is 7.89. The van der Waals surface area contributed by atoms with Crippen molar-refractivity contribution in [3.05, 3.63) is 70.5 Å². The van der Waals surface area contributed by atoms with Gasteiger partial charge in [-0.25, -0.2) is 0 Å². The number of rotatable bonds is 2. The van der Waals surface area contributed by atoms with Crippen LogP contribution in [0.1, 0.15) is 17.5 Å². The van der Waals surface area contributed by atoms with Gasteiger partial charge in [0.2, 0.25) is 0 Å². The molecule has 0 bridgehead atoms. The van der Waals surface area contributed by atoms with E-state index in [-0.39, 0.29) is 23.3 Å². The first-order valence-electron chi connectivity index (χ1n) is 6.72. The molecule has 0 radical (unpaired) electrons. The number of nitro benzene ring substituents is 2. The van der Waals surface area contributed by atoms with Gasteiger partial charge in [0.05, 0.1) is 15.5 Å². The Labute approximate surface area is 148 Å². The van der Waals surface area contributed by atoms with Gasteiger partial charge in [-0.3, -0.25) is 20.2 Å². The number of nitrogens with one attached hydrogen (secondary N) is 1. The van der Waals surface area contributed by atoms with E-state index in [4.69, 9.17) is 11.6 Å². The fourth-order valence-corrected chi connectivity index (χ4v) is 3.48. The third-order valence-electron chi connectivity index (χ3n) is 3.83. The summed E-state index contributed by atoms with van der Waals surface area (Å²) in [7, 11) is 0. The van der Waals surface area contributed by atoms with E-state index in [1.807, 2.05) is 0 Å². The van der Waals surface area contributed by atoms with Crippen molar-refractivity contribution >= 4 is 44.7 Å². The molecule has 8 nitrogen and oxygen atoms in total. The van der Waals surface area contributed by atoms with E-state index in [1.54, 1.807) is 12.3 Å². The summed E-state index contributed by atoms with van der Waals surface area (Å²) >= 11 is 9.19. The molecule has 1 aliphatic carbocycles. The van der Waals surface area contributed by atoms with Crippen LogP contribution >= 0.6 is 27.5 Å². The highest BCUT2D eigenvalue weighted by Gasteiger charge is 2.34. The lowest BCUT2D eigenvalue weighted by Crippen LogP contribution is -2.13. The summed E-state index contributed by atoms with van der Waals surface area (Å²) in [6.07, 6.45) is 3.98. The lowest BCUT2D eigenvalue weighted by molar-refractivity contribution is -0.394. The van der Waals surface area contributed by atoms with Crippen LogP contribution in [0.15, 0.2) is 34.1 Å². The summed E-state index contributed by atoms with van der Waals surface area (Å²) < 4.78 is 0.749. The van der Waals surface area contributed by atoms with E-state index >= 15 is 0 Å². The van der Waals surface area contributed by atoms with E-state index in [1.165, 1.54) is 0 Å². The van der Waals surface area contributed by atoms with Gasteiger partial charge in [-0.2, -0.15) is 0 Å². The molecule has 0 atom stereocenters. The molecule has 24 heavy (non-hydrogen) atoms. The first-order chi connectivity index (χ1) is 11.3. The Hall–Kier alpha value is -2.39. The van der Waals surface area contributed by atoms with Crippen LogP contribution in [-0.4, -0.2) is 15.0 Å². The topological polar surface area (TPSA) is 119 Å². The molecule has 0 spiro atoms. The maximum absolute atomic E-state index is 11.4. The van der Waals surface area contributed by atoms with Crippen molar-refractivity contribution in [2.24, 2.45) is 0 Å². The monoisotopic (exact) mass is 413 g/mol. The van der Waals surface area contributed by atoms with Gasteiger partial charge in [0.15, 0.2) is 5.02 Å². The summed E-state index contributed by atoms with van der Waals surface area (Å²) in [6, 6.07) is 1.07. The zero-order valence-electron chi connectivity index (χ0n) is 11.9. The average Bonchev–Trinajstić information content (AvgIpc) is 2.63. The van der Waals surface area contributed by atoms with Gasteiger partial charge in [-0.1, -0.05) is 11.6 Å². The maximum Gasteiger partial charge on any atom is 0.298 e. The van der Waals surface area contributed by atoms with Crippen LogP contribution in [0.25, 0.3) is 5.76 Å². The number of dihydropyridines is 1. The van der Waals surface area contributed by atoms with Gasteiger partial charge in [-0.05, 0) is 40.4 Å². The molecule has 0 saturated carbocycles. The van der Waals surface area contributed by atoms with Gasteiger partial charge in [0.25, 0.3) is 11.4 Å². The molecule has 2 N–H and O–H groups in total. The maximum atomic E-state index is 11.4. The molecular weight excluding hydrogens is 406 g/mol. The molecular formula is C14H9BrClN3O5. The number of nitrogens with zero attached hydrogens (tertiary/aromatic N) is 2. The molecule has 0 aromatic heterocycles. The number of nitro groups is 2. The standard InChI is InChI=1S/C14H9BrClN3O5/c15-7-3-6-1-2-8-9(14(20)12(6)17-5-7)4-10(18(21)22)11(16)13(8)19(23)24/h3-5,17,20H,1-2H2. The van der Waals surface area contributed by atoms with Crippen molar-refractivity contribution in [2.75, 3.05) is 0 Å². The second-order valence-corrected chi connectivity index (χ2v) is 6.46. The largest absolute Gasteiger partial charge is 0.505 e. The van der Waals surface area contributed by atoms with Crippen LogP contribution in [0.5, 0.6) is 0 Å². The Balaban J connectivity index is 2.33. The van der Waals surface area contributed by atoms with Crippen molar-refractivity contribution in [3.63, 3.8) is 0 Å². The lowest BCUT2D eigenvalue weighted by Gasteiger charge is -2.16. The van der Waals surface area contributed by atoms with Gasteiger partial charge >= 0.3 is 0 Å². The van der Waals surface area contributed by atoms with Crippen molar-refractivity contribution in [3.8, 4) is 0 Å². The summed E-state index contributed by atoms with van der Waals surface area (Å²) in [5.41, 5.74) is 0.145. The fraction of sp³-hybridized carbons (Fsp3) is 0.143. The Bertz CT molecular complexity index is 891.